The van der Waals surface area contributed by atoms with Gasteiger partial charge in [0.1, 0.15) is 0 Å². The number of fused-ring (bicyclic) bond motifs is 1. The van der Waals surface area contributed by atoms with E-state index < -0.39 is 5.63 Å². The molecule has 1 aromatic carbocycles. The summed E-state index contributed by atoms with van der Waals surface area (Å²) in [5.41, 5.74) is -0.461. The summed E-state index contributed by atoms with van der Waals surface area (Å²) >= 11 is 0. The third-order valence-corrected chi connectivity index (χ3v) is 3.83. The van der Waals surface area contributed by atoms with Crippen LogP contribution in [-0.4, -0.2) is 11.9 Å². The minimum Gasteiger partial charge on any atom is -0.417 e. The zero-order chi connectivity index (χ0) is 13.9. The fourth-order valence-electron chi connectivity index (χ4n) is 2.75. The molecule has 1 aromatic heterocycles. The molecule has 1 aliphatic rings. The number of amides is 1. The smallest absolute Gasteiger partial charge is 0.344 e. The molecule has 1 heterocycles. The molecule has 3 rings (SSSR count). The maximum absolute atomic E-state index is 12.2. The van der Waals surface area contributed by atoms with Crippen molar-refractivity contribution in [1.29, 1.82) is 0 Å². The Hall–Kier alpha value is -2.10. The summed E-state index contributed by atoms with van der Waals surface area (Å²) in [7, 11) is 0. The number of carbonyl (C=O) groups excluding carboxylic acids is 1. The molecule has 0 saturated heterocycles. The van der Waals surface area contributed by atoms with Crippen LogP contribution in [0, 0.1) is 0 Å². The van der Waals surface area contributed by atoms with Gasteiger partial charge in [0, 0.05) is 6.04 Å². The first-order chi connectivity index (χ1) is 9.74. The predicted molar refractivity (Wildman–Crippen MR) is 76.8 cm³/mol. The van der Waals surface area contributed by atoms with Crippen LogP contribution in [0.5, 0.6) is 0 Å². The van der Waals surface area contributed by atoms with Crippen LogP contribution in [-0.2, 0) is 0 Å². The number of hydrogen-bond acceptors (Lipinski definition) is 3. The van der Waals surface area contributed by atoms with E-state index >= 15 is 0 Å². The van der Waals surface area contributed by atoms with Crippen molar-refractivity contribution in [2.45, 2.75) is 38.1 Å². The summed E-state index contributed by atoms with van der Waals surface area (Å²) in [6, 6.07) is 8.96. The predicted octanol–water partition coefficient (Wildman–Crippen LogP) is 2.86. The fourth-order valence-corrected chi connectivity index (χ4v) is 2.75. The lowest BCUT2D eigenvalue weighted by Crippen LogP contribution is -2.36. The molecule has 2 aromatic rings. The highest BCUT2D eigenvalue weighted by atomic mass is 16.4. The molecule has 0 unspecified atom stereocenters. The van der Waals surface area contributed by atoms with Gasteiger partial charge < -0.3 is 9.73 Å². The Labute approximate surface area is 116 Å². The van der Waals surface area contributed by atoms with Gasteiger partial charge in [-0.1, -0.05) is 37.5 Å². The first-order valence-corrected chi connectivity index (χ1v) is 7.08. The Kier molecular flexibility index (Phi) is 3.54. The number of rotatable bonds is 2. The SMILES string of the molecule is O=C(NC1CCCCC1)c1cc2ccccc2c(=O)o1. The van der Waals surface area contributed by atoms with E-state index in [1.807, 2.05) is 12.1 Å². The van der Waals surface area contributed by atoms with E-state index in [-0.39, 0.29) is 17.7 Å². The van der Waals surface area contributed by atoms with Gasteiger partial charge in [0.15, 0.2) is 5.76 Å². The zero-order valence-corrected chi connectivity index (χ0v) is 11.2. The quantitative estimate of drug-likeness (QED) is 0.913. The summed E-state index contributed by atoms with van der Waals surface area (Å²) in [6.45, 7) is 0. The molecule has 4 heteroatoms. The Bertz CT molecular complexity index is 683. The van der Waals surface area contributed by atoms with Gasteiger partial charge >= 0.3 is 5.63 Å². The lowest BCUT2D eigenvalue weighted by molar-refractivity contribution is 0.0895. The second-order valence-electron chi connectivity index (χ2n) is 5.29. The monoisotopic (exact) mass is 271 g/mol. The summed E-state index contributed by atoms with van der Waals surface area (Å²) in [5.74, 6) is -0.195. The zero-order valence-electron chi connectivity index (χ0n) is 11.2. The fraction of sp³-hybridized carbons (Fsp3) is 0.375. The highest BCUT2D eigenvalue weighted by Gasteiger charge is 2.18. The maximum atomic E-state index is 12.2. The molecule has 1 saturated carbocycles. The van der Waals surface area contributed by atoms with Gasteiger partial charge in [-0.25, -0.2) is 4.79 Å². The molecule has 0 bridgehead atoms. The van der Waals surface area contributed by atoms with E-state index in [0.717, 1.165) is 31.1 Å². The molecular weight excluding hydrogens is 254 g/mol. The van der Waals surface area contributed by atoms with Gasteiger partial charge in [0.05, 0.1) is 5.39 Å². The highest BCUT2D eigenvalue weighted by Crippen LogP contribution is 2.18. The van der Waals surface area contributed by atoms with Crippen molar-refractivity contribution in [3.63, 3.8) is 0 Å². The van der Waals surface area contributed by atoms with Crippen molar-refractivity contribution >= 4 is 16.7 Å². The molecule has 1 fully saturated rings. The van der Waals surface area contributed by atoms with Crippen LogP contribution < -0.4 is 10.9 Å². The van der Waals surface area contributed by atoms with Crippen molar-refractivity contribution in [2.24, 2.45) is 0 Å². The third kappa shape index (κ3) is 2.59. The third-order valence-electron chi connectivity index (χ3n) is 3.83. The van der Waals surface area contributed by atoms with Crippen molar-refractivity contribution < 1.29 is 9.21 Å². The standard InChI is InChI=1S/C16H17NO3/c18-15(17-12-7-2-1-3-8-12)14-10-11-6-4-5-9-13(11)16(19)20-14/h4-6,9-10,12H,1-3,7-8H2,(H,17,18). The lowest BCUT2D eigenvalue weighted by atomic mass is 9.95. The van der Waals surface area contributed by atoms with Crippen LogP contribution in [0.2, 0.25) is 0 Å². The van der Waals surface area contributed by atoms with Gasteiger partial charge in [-0.3, -0.25) is 4.79 Å². The molecule has 20 heavy (non-hydrogen) atoms. The van der Waals surface area contributed by atoms with E-state index in [1.54, 1.807) is 18.2 Å². The molecule has 1 aliphatic carbocycles. The van der Waals surface area contributed by atoms with E-state index in [1.165, 1.54) is 6.42 Å². The minimum atomic E-state index is -0.461. The lowest BCUT2D eigenvalue weighted by Gasteiger charge is -2.22. The van der Waals surface area contributed by atoms with Crippen LogP contribution in [0.1, 0.15) is 42.7 Å². The molecule has 0 radical (unpaired) electrons. The van der Waals surface area contributed by atoms with Crippen LogP contribution >= 0.6 is 0 Å². The molecular formula is C16H17NO3. The Morgan fingerprint density at radius 1 is 1.15 bits per heavy atom. The van der Waals surface area contributed by atoms with Gasteiger partial charge in [0.2, 0.25) is 0 Å². The van der Waals surface area contributed by atoms with E-state index in [0.29, 0.717) is 5.39 Å². The van der Waals surface area contributed by atoms with Gasteiger partial charge in [0.25, 0.3) is 5.91 Å². The van der Waals surface area contributed by atoms with Gasteiger partial charge in [-0.2, -0.15) is 0 Å². The summed E-state index contributed by atoms with van der Waals surface area (Å²) in [6.07, 6.45) is 5.53. The summed E-state index contributed by atoms with van der Waals surface area (Å²) in [4.78, 5) is 24.0. The minimum absolute atomic E-state index is 0.0965. The van der Waals surface area contributed by atoms with Crippen molar-refractivity contribution in [1.82, 2.24) is 5.32 Å². The highest BCUT2D eigenvalue weighted by molar-refractivity contribution is 5.95. The van der Waals surface area contributed by atoms with Crippen molar-refractivity contribution in [2.75, 3.05) is 0 Å². The largest absolute Gasteiger partial charge is 0.417 e. The topological polar surface area (TPSA) is 59.3 Å². The molecule has 4 nitrogen and oxygen atoms in total. The van der Waals surface area contributed by atoms with Crippen LogP contribution in [0.25, 0.3) is 10.8 Å². The van der Waals surface area contributed by atoms with E-state index in [2.05, 4.69) is 5.32 Å². The Morgan fingerprint density at radius 3 is 2.70 bits per heavy atom. The second-order valence-corrected chi connectivity index (χ2v) is 5.29. The van der Waals surface area contributed by atoms with Crippen LogP contribution in [0.3, 0.4) is 0 Å². The summed E-state index contributed by atoms with van der Waals surface area (Å²) in [5, 5.41) is 4.19. The molecule has 1 N–H and O–H groups in total. The average molecular weight is 271 g/mol. The first-order valence-electron chi connectivity index (χ1n) is 7.08. The van der Waals surface area contributed by atoms with Crippen LogP contribution in [0.4, 0.5) is 0 Å². The number of benzene rings is 1. The molecule has 0 spiro atoms. The first kappa shape index (κ1) is 12.9. The Morgan fingerprint density at radius 2 is 1.90 bits per heavy atom. The van der Waals surface area contributed by atoms with Crippen molar-refractivity contribution in [3.8, 4) is 0 Å². The molecule has 104 valence electrons. The van der Waals surface area contributed by atoms with Gasteiger partial charge in [-0.05, 0) is 30.4 Å². The van der Waals surface area contributed by atoms with E-state index in [9.17, 15) is 9.59 Å². The number of nitrogens with one attached hydrogen (secondary N) is 1. The second kappa shape index (κ2) is 5.49. The average Bonchev–Trinajstić information content (AvgIpc) is 2.48. The van der Waals surface area contributed by atoms with E-state index in [4.69, 9.17) is 4.42 Å². The summed E-state index contributed by atoms with van der Waals surface area (Å²) < 4.78 is 5.13. The normalized spacial score (nSPS) is 16.2. The maximum Gasteiger partial charge on any atom is 0.344 e. The molecule has 0 aliphatic heterocycles. The number of carbonyl (C=O) groups is 1. The molecule has 0 atom stereocenters. The Balaban J connectivity index is 1.86. The van der Waals surface area contributed by atoms with Crippen LogP contribution in [0.15, 0.2) is 39.5 Å². The molecule has 1 amide bonds. The van der Waals surface area contributed by atoms with Gasteiger partial charge in [-0.15, -0.1) is 0 Å². The number of hydrogen-bond donors (Lipinski definition) is 1. The van der Waals surface area contributed by atoms with Crippen molar-refractivity contribution in [3.05, 3.63) is 46.5 Å².